The van der Waals surface area contributed by atoms with Gasteiger partial charge < -0.3 is 9.42 Å². The molecule has 126 valence electrons. The molecule has 1 aliphatic rings. The zero-order valence-electron chi connectivity index (χ0n) is 13.8. The Labute approximate surface area is 144 Å². The first kappa shape index (κ1) is 15.6. The largest absolute Gasteiger partial charge is 0.356 e. The van der Waals surface area contributed by atoms with E-state index in [9.17, 15) is 9.18 Å². The molecule has 0 spiro atoms. The number of hydrogen-bond acceptors (Lipinski definition) is 3. The molecule has 2 heterocycles. The fourth-order valence-corrected chi connectivity index (χ4v) is 3.20. The van der Waals surface area contributed by atoms with E-state index in [1.165, 1.54) is 12.1 Å². The zero-order valence-corrected chi connectivity index (χ0v) is 13.8. The summed E-state index contributed by atoms with van der Waals surface area (Å²) in [5, 5.41) is 4.13. The third-order valence-electron chi connectivity index (χ3n) is 4.61. The molecule has 25 heavy (non-hydrogen) atoms. The molecular formula is C20H17FN2O2. The summed E-state index contributed by atoms with van der Waals surface area (Å²) in [5.41, 5.74) is 4.21. The highest BCUT2D eigenvalue weighted by Crippen LogP contribution is 2.31. The molecule has 0 aliphatic carbocycles. The number of rotatable bonds is 2. The van der Waals surface area contributed by atoms with Gasteiger partial charge in [-0.1, -0.05) is 23.4 Å². The Morgan fingerprint density at radius 2 is 1.92 bits per heavy atom. The number of aromatic nitrogens is 1. The van der Waals surface area contributed by atoms with Crippen molar-refractivity contribution in [2.45, 2.75) is 19.9 Å². The first-order chi connectivity index (χ1) is 12.1. The number of aryl methyl sites for hydroxylation is 1. The van der Waals surface area contributed by atoms with Crippen LogP contribution in [0.3, 0.4) is 0 Å². The van der Waals surface area contributed by atoms with Crippen LogP contribution in [0.25, 0.3) is 11.3 Å². The smallest absolute Gasteiger partial charge is 0.254 e. The van der Waals surface area contributed by atoms with Gasteiger partial charge in [-0.05, 0) is 42.8 Å². The number of carbonyl (C=O) groups excluding carboxylic acids is 1. The van der Waals surface area contributed by atoms with E-state index in [0.717, 1.165) is 22.4 Å². The average Bonchev–Trinajstić information content (AvgIpc) is 3.05. The second kappa shape index (κ2) is 6.16. The van der Waals surface area contributed by atoms with Crippen LogP contribution >= 0.6 is 0 Å². The van der Waals surface area contributed by atoms with Gasteiger partial charge in [0.1, 0.15) is 5.82 Å². The van der Waals surface area contributed by atoms with Crippen molar-refractivity contribution in [3.8, 4) is 11.3 Å². The van der Waals surface area contributed by atoms with Crippen molar-refractivity contribution in [3.05, 3.63) is 76.7 Å². The normalized spacial score (nSPS) is 13.6. The number of halogens is 1. The molecular weight excluding hydrogens is 319 g/mol. The molecule has 0 unspecified atom stereocenters. The van der Waals surface area contributed by atoms with E-state index < -0.39 is 0 Å². The molecule has 1 amide bonds. The monoisotopic (exact) mass is 336 g/mol. The summed E-state index contributed by atoms with van der Waals surface area (Å²) in [6.07, 6.45) is 0.650. The molecule has 3 aromatic rings. The number of benzene rings is 2. The van der Waals surface area contributed by atoms with E-state index in [2.05, 4.69) is 5.16 Å². The lowest BCUT2D eigenvalue weighted by Crippen LogP contribution is -2.36. The van der Waals surface area contributed by atoms with Crippen molar-refractivity contribution < 1.29 is 13.7 Å². The highest BCUT2D eigenvalue weighted by molar-refractivity contribution is 5.95. The minimum absolute atomic E-state index is 0.00926. The summed E-state index contributed by atoms with van der Waals surface area (Å²) in [6.45, 7) is 2.99. The first-order valence-electron chi connectivity index (χ1n) is 8.22. The molecule has 1 aromatic heterocycles. The fraction of sp³-hybridized carbons (Fsp3) is 0.200. The van der Waals surface area contributed by atoms with Gasteiger partial charge in [0.05, 0.1) is 12.2 Å². The topological polar surface area (TPSA) is 46.3 Å². The lowest BCUT2D eigenvalue weighted by atomic mass is 10.00. The number of hydrogen-bond donors (Lipinski definition) is 0. The van der Waals surface area contributed by atoms with Crippen LogP contribution in [0.2, 0.25) is 0 Å². The van der Waals surface area contributed by atoms with Crippen LogP contribution in [0.4, 0.5) is 4.39 Å². The van der Waals surface area contributed by atoms with E-state index in [4.69, 9.17) is 4.52 Å². The summed E-state index contributed by atoms with van der Waals surface area (Å²) in [7, 11) is 0. The van der Waals surface area contributed by atoms with Crippen molar-refractivity contribution in [1.29, 1.82) is 0 Å². The van der Waals surface area contributed by atoms with Gasteiger partial charge in [0.25, 0.3) is 5.91 Å². The van der Waals surface area contributed by atoms with Crippen LogP contribution in [-0.4, -0.2) is 22.5 Å². The predicted octanol–water partition coefficient (Wildman–Crippen LogP) is 3.99. The molecule has 4 nitrogen and oxygen atoms in total. The van der Waals surface area contributed by atoms with Gasteiger partial charge in [0, 0.05) is 29.7 Å². The van der Waals surface area contributed by atoms with Gasteiger partial charge in [-0.3, -0.25) is 4.79 Å². The molecule has 5 heteroatoms. The van der Waals surface area contributed by atoms with E-state index in [0.29, 0.717) is 30.8 Å². The van der Waals surface area contributed by atoms with Gasteiger partial charge >= 0.3 is 0 Å². The van der Waals surface area contributed by atoms with E-state index in [1.54, 1.807) is 12.1 Å². The molecule has 0 atom stereocenters. The maximum atomic E-state index is 13.2. The van der Waals surface area contributed by atoms with E-state index >= 15 is 0 Å². The van der Waals surface area contributed by atoms with E-state index in [-0.39, 0.29) is 11.7 Å². The molecule has 1 aliphatic heterocycles. The predicted molar refractivity (Wildman–Crippen MR) is 91.5 cm³/mol. The average molecular weight is 336 g/mol. The van der Waals surface area contributed by atoms with Gasteiger partial charge in [-0.15, -0.1) is 0 Å². The first-order valence-corrected chi connectivity index (χ1v) is 8.22. The second-order valence-corrected chi connectivity index (χ2v) is 6.24. The second-order valence-electron chi connectivity index (χ2n) is 6.24. The molecule has 0 fully saturated rings. The summed E-state index contributed by atoms with van der Waals surface area (Å²) < 4.78 is 18.7. The van der Waals surface area contributed by atoms with Crippen molar-refractivity contribution in [1.82, 2.24) is 10.1 Å². The van der Waals surface area contributed by atoms with Crippen LogP contribution in [0.1, 0.15) is 27.2 Å². The van der Waals surface area contributed by atoms with Crippen LogP contribution < -0.4 is 0 Å². The Balaban J connectivity index is 1.65. The van der Waals surface area contributed by atoms with Gasteiger partial charge in [-0.2, -0.15) is 0 Å². The molecule has 0 bridgehead atoms. The summed E-state index contributed by atoms with van der Waals surface area (Å²) in [6, 6.07) is 13.7. The maximum Gasteiger partial charge on any atom is 0.254 e. The molecule has 4 rings (SSSR count). The van der Waals surface area contributed by atoms with Crippen molar-refractivity contribution in [3.63, 3.8) is 0 Å². The van der Waals surface area contributed by atoms with Crippen molar-refractivity contribution in [2.24, 2.45) is 0 Å². The van der Waals surface area contributed by atoms with Gasteiger partial charge in [0.15, 0.2) is 5.76 Å². The zero-order chi connectivity index (χ0) is 17.4. The van der Waals surface area contributed by atoms with Crippen LogP contribution in [0, 0.1) is 12.7 Å². The minimum Gasteiger partial charge on any atom is -0.356 e. The lowest BCUT2D eigenvalue weighted by molar-refractivity contribution is 0.0734. The van der Waals surface area contributed by atoms with E-state index in [1.807, 2.05) is 36.1 Å². The summed E-state index contributed by atoms with van der Waals surface area (Å²) in [5.74, 6) is 0.320. The third-order valence-corrected chi connectivity index (χ3v) is 4.61. The molecule has 0 radical (unpaired) electrons. The Kier molecular flexibility index (Phi) is 3.84. The minimum atomic E-state index is -0.298. The highest BCUT2D eigenvalue weighted by atomic mass is 19.1. The Morgan fingerprint density at radius 3 is 2.68 bits per heavy atom. The standard InChI is InChI=1S/C20H17FN2O2/c1-13-4-2-3-5-16(13)20(24)23-11-10-18-17(12-23)19(25-22-18)14-6-8-15(21)9-7-14/h2-9H,10-12H2,1H3. The Bertz CT molecular complexity index is 931. The van der Waals surface area contributed by atoms with Crippen LogP contribution in [0.15, 0.2) is 53.1 Å². The number of fused-ring (bicyclic) bond motifs is 1. The number of nitrogens with zero attached hydrogens (tertiary/aromatic N) is 2. The number of amides is 1. The maximum absolute atomic E-state index is 13.2. The summed E-state index contributed by atoms with van der Waals surface area (Å²) in [4.78, 5) is 14.7. The fourth-order valence-electron chi connectivity index (χ4n) is 3.20. The Hall–Kier alpha value is -2.95. The van der Waals surface area contributed by atoms with Gasteiger partial charge in [-0.25, -0.2) is 4.39 Å². The molecule has 0 N–H and O–H groups in total. The van der Waals surface area contributed by atoms with Crippen LogP contribution in [-0.2, 0) is 13.0 Å². The molecule has 0 saturated carbocycles. The lowest BCUT2D eigenvalue weighted by Gasteiger charge is -2.27. The van der Waals surface area contributed by atoms with Crippen LogP contribution in [0.5, 0.6) is 0 Å². The summed E-state index contributed by atoms with van der Waals surface area (Å²) >= 11 is 0. The van der Waals surface area contributed by atoms with Crippen molar-refractivity contribution in [2.75, 3.05) is 6.54 Å². The van der Waals surface area contributed by atoms with Crippen molar-refractivity contribution >= 4 is 5.91 Å². The quantitative estimate of drug-likeness (QED) is 0.711. The third kappa shape index (κ3) is 2.82. The number of carbonyl (C=O) groups is 1. The molecule has 2 aromatic carbocycles. The Morgan fingerprint density at radius 1 is 1.16 bits per heavy atom. The van der Waals surface area contributed by atoms with Gasteiger partial charge in [0.2, 0.25) is 0 Å². The SMILES string of the molecule is Cc1ccccc1C(=O)N1CCc2noc(-c3ccc(F)cc3)c2C1. The molecule has 0 saturated heterocycles. The highest BCUT2D eigenvalue weighted by Gasteiger charge is 2.28.